The molecule has 0 spiro atoms. The second kappa shape index (κ2) is 6.15. The van der Waals surface area contributed by atoms with Crippen LogP contribution in [0.2, 0.25) is 5.02 Å². The maximum absolute atomic E-state index is 12.0. The van der Waals surface area contributed by atoms with E-state index in [4.69, 9.17) is 16.3 Å². The average molecular weight is 278 g/mol. The number of hydrogen-bond donors (Lipinski definition) is 1. The smallest absolute Gasteiger partial charge is 0.253 e. The van der Waals surface area contributed by atoms with Gasteiger partial charge in [-0.2, -0.15) is 0 Å². The van der Waals surface area contributed by atoms with Crippen molar-refractivity contribution in [3.63, 3.8) is 0 Å². The molecule has 0 atom stereocenters. The number of amides is 1. The van der Waals surface area contributed by atoms with Crippen LogP contribution >= 0.6 is 11.6 Å². The van der Waals surface area contributed by atoms with Gasteiger partial charge in [-0.15, -0.1) is 0 Å². The molecular formula is C13H12ClN3O2. The van der Waals surface area contributed by atoms with Gasteiger partial charge in [0.15, 0.2) is 0 Å². The van der Waals surface area contributed by atoms with E-state index < -0.39 is 0 Å². The number of hydrogen-bond acceptors (Lipinski definition) is 4. The molecule has 0 saturated carbocycles. The van der Waals surface area contributed by atoms with Crippen molar-refractivity contribution < 1.29 is 9.53 Å². The van der Waals surface area contributed by atoms with Gasteiger partial charge >= 0.3 is 0 Å². The van der Waals surface area contributed by atoms with Gasteiger partial charge in [0.1, 0.15) is 0 Å². The highest BCUT2D eigenvalue weighted by molar-refractivity contribution is 6.33. The highest BCUT2D eigenvalue weighted by Gasteiger charge is 2.11. The molecule has 1 amide bonds. The largest absolute Gasteiger partial charge is 0.481 e. The van der Waals surface area contributed by atoms with Crippen molar-refractivity contribution in [3.05, 3.63) is 52.9 Å². The number of aromatic nitrogens is 2. The van der Waals surface area contributed by atoms with E-state index in [1.54, 1.807) is 18.3 Å². The van der Waals surface area contributed by atoms with Crippen LogP contribution < -0.4 is 10.1 Å². The maximum atomic E-state index is 12.0. The lowest BCUT2D eigenvalue weighted by atomic mass is 10.2. The number of carbonyl (C=O) groups excluding carboxylic acids is 1. The summed E-state index contributed by atoms with van der Waals surface area (Å²) in [5.74, 6) is 0.224. The Balaban J connectivity index is 2.07. The molecule has 0 aliphatic rings. The molecule has 5 nitrogen and oxygen atoms in total. The molecule has 1 N–H and O–H groups in total. The van der Waals surface area contributed by atoms with Gasteiger partial charge in [0.25, 0.3) is 5.91 Å². The Morgan fingerprint density at radius 1 is 1.42 bits per heavy atom. The number of ether oxygens (including phenoxy) is 1. The molecule has 2 aromatic rings. The Morgan fingerprint density at radius 2 is 2.26 bits per heavy atom. The zero-order valence-corrected chi connectivity index (χ0v) is 11.0. The summed E-state index contributed by atoms with van der Waals surface area (Å²) in [4.78, 5) is 19.8. The number of nitrogens with one attached hydrogen (secondary N) is 1. The molecule has 2 aromatic heterocycles. The minimum Gasteiger partial charge on any atom is -0.481 e. The first-order valence-corrected chi connectivity index (χ1v) is 5.95. The monoisotopic (exact) mass is 277 g/mol. The van der Waals surface area contributed by atoms with E-state index in [-0.39, 0.29) is 5.91 Å². The molecule has 98 valence electrons. The fraction of sp³-hybridized carbons (Fsp3) is 0.154. The summed E-state index contributed by atoms with van der Waals surface area (Å²) in [5, 5.41) is 3.08. The van der Waals surface area contributed by atoms with Crippen molar-refractivity contribution in [3.8, 4) is 5.88 Å². The van der Waals surface area contributed by atoms with Crippen LogP contribution in [0.15, 0.2) is 36.8 Å². The van der Waals surface area contributed by atoms with E-state index in [9.17, 15) is 4.79 Å². The molecule has 0 fully saturated rings. The van der Waals surface area contributed by atoms with Gasteiger partial charge in [-0.3, -0.25) is 9.78 Å². The molecule has 0 aromatic carbocycles. The maximum Gasteiger partial charge on any atom is 0.253 e. The Kier molecular flexibility index (Phi) is 4.30. The third-order valence-electron chi connectivity index (χ3n) is 2.50. The molecule has 0 aliphatic carbocycles. The van der Waals surface area contributed by atoms with Gasteiger partial charge in [-0.25, -0.2) is 4.98 Å². The molecule has 0 unspecified atom stereocenters. The van der Waals surface area contributed by atoms with E-state index in [2.05, 4.69) is 15.3 Å². The van der Waals surface area contributed by atoms with Crippen LogP contribution in [0.3, 0.4) is 0 Å². The normalized spacial score (nSPS) is 10.0. The van der Waals surface area contributed by atoms with Crippen molar-refractivity contribution in [2.45, 2.75) is 6.54 Å². The molecule has 0 radical (unpaired) electrons. The molecule has 2 heterocycles. The number of halogens is 1. The molecule has 2 rings (SSSR count). The number of pyridine rings is 2. The summed E-state index contributed by atoms with van der Waals surface area (Å²) >= 11 is 5.90. The lowest BCUT2D eigenvalue weighted by molar-refractivity contribution is 0.0950. The topological polar surface area (TPSA) is 64.1 Å². The first kappa shape index (κ1) is 13.3. The van der Waals surface area contributed by atoms with Crippen molar-refractivity contribution in [2.24, 2.45) is 0 Å². The fourth-order valence-corrected chi connectivity index (χ4v) is 1.78. The number of rotatable bonds is 4. The quantitative estimate of drug-likeness (QED) is 0.929. The SMILES string of the molecule is COc1ncccc1CNC(=O)c1ccncc1Cl. The number of nitrogens with zero attached hydrogens (tertiary/aromatic N) is 2. The fourth-order valence-electron chi connectivity index (χ4n) is 1.57. The minimum atomic E-state index is -0.265. The molecule has 6 heteroatoms. The molecule has 0 saturated heterocycles. The van der Waals surface area contributed by atoms with Gasteiger partial charge < -0.3 is 10.1 Å². The van der Waals surface area contributed by atoms with Crippen molar-refractivity contribution in [1.82, 2.24) is 15.3 Å². The summed E-state index contributed by atoms with van der Waals surface area (Å²) in [6.07, 6.45) is 4.58. The van der Waals surface area contributed by atoms with Gasteiger partial charge in [0.2, 0.25) is 5.88 Å². The van der Waals surface area contributed by atoms with Crippen molar-refractivity contribution in [2.75, 3.05) is 7.11 Å². The number of methoxy groups -OCH3 is 1. The van der Waals surface area contributed by atoms with Gasteiger partial charge in [-0.1, -0.05) is 17.7 Å². The van der Waals surface area contributed by atoms with Crippen molar-refractivity contribution >= 4 is 17.5 Å². The van der Waals surface area contributed by atoms with Crippen LogP contribution in [0.1, 0.15) is 15.9 Å². The van der Waals surface area contributed by atoms with Crippen LogP contribution in [0.5, 0.6) is 5.88 Å². The van der Waals surface area contributed by atoms with Crippen LogP contribution in [-0.4, -0.2) is 23.0 Å². The predicted molar refractivity (Wildman–Crippen MR) is 71.2 cm³/mol. The minimum absolute atomic E-state index is 0.265. The first-order chi connectivity index (χ1) is 9.22. The van der Waals surface area contributed by atoms with E-state index in [0.29, 0.717) is 23.0 Å². The summed E-state index contributed by atoms with van der Waals surface area (Å²) in [5.41, 5.74) is 1.18. The Morgan fingerprint density at radius 3 is 3.00 bits per heavy atom. The summed E-state index contributed by atoms with van der Waals surface area (Å²) in [7, 11) is 1.54. The zero-order chi connectivity index (χ0) is 13.7. The highest BCUT2D eigenvalue weighted by Crippen LogP contribution is 2.15. The van der Waals surface area contributed by atoms with E-state index >= 15 is 0 Å². The van der Waals surface area contributed by atoms with Gasteiger partial charge in [-0.05, 0) is 12.1 Å². The second-order valence-corrected chi connectivity index (χ2v) is 4.12. The van der Waals surface area contributed by atoms with E-state index in [0.717, 1.165) is 5.56 Å². The first-order valence-electron chi connectivity index (χ1n) is 5.58. The molecule has 19 heavy (non-hydrogen) atoms. The standard InChI is InChI=1S/C13H12ClN3O2/c1-19-13-9(3-2-5-16-13)7-17-12(18)10-4-6-15-8-11(10)14/h2-6,8H,7H2,1H3,(H,17,18). The average Bonchev–Trinajstić information content (AvgIpc) is 2.45. The summed E-state index contributed by atoms with van der Waals surface area (Å²) in [6, 6.07) is 5.18. The van der Waals surface area contributed by atoms with Crippen LogP contribution in [0, 0.1) is 0 Å². The summed E-state index contributed by atoms with van der Waals surface area (Å²) < 4.78 is 5.11. The van der Waals surface area contributed by atoms with E-state index in [1.807, 2.05) is 6.07 Å². The Bertz CT molecular complexity index is 590. The lowest BCUT2D eigenvalue weighted by Gasteiger charge is -2.09. The zero-order valence-electron chi connectivity index (χ0n) is 10.3. The molecule has 0 bridgehead atoms. The molecular weight excluding hydrogens is 266 g/mol. The van der Waals surface area contributed by atoms with Gasteiger partial charge in [0, 0.05) is 30.7 Å². The number of carbonyl (C=O) groups is 1. The van der Waals surface area contributed by atoms with Crippen LogP contribution in [0.4, 0.5) is 0 Å². The lowest BCUT2D eigenvalue weighted by Crippen LogP contribution is -2.23. The third kappa shape index (κ3) is 3.20. The second-order valence-electron chi connectivity index (χ2n) is 3.71. The summed E-state index contributed by atoms with van der Waals surface area (Å²) in [6.45, 7) is 0.314. The van der Waals surface area contributed by atoms with Crippen LogP contribution in [-0.2, 0) is 6.54 Å². The van der Waals surface area contributed by atoms with Gasteiger partial charge in [0.05, 0.1) is 17.7 Å². The van der Waals surface area contributed by atoms with E-state index in [1.165, 1.54) is 19.5 Å². The van der Waals surface area contributed by atoms with Crippen molar-refractivity contribution in [1.29, 1.82) is 0 Å². The molecule has 0 aliphatic heterocycles. The Labute approximate surface area is 115 Å². The van der Waals surface area contributed by atoms with Crippen LogP contribution in [0.25, 0.3) is 0 Å². The highest BCUT2D eigenvalue weighted by atomic mass is 35.5. The third-order valence-corrected chi connectivity index (χ3v) is 2.80. The predicted octanol–water partition coefficient (Wildman–Crippen LogP) is 2.07. The Hall–Kier alpha value is -2.14.